The summed E-state index contributed by atoms with van der Waals surface area (Å²) in [6.45, 7) is 2.11. The van der Waals surface area contributed by atoms with Crippen molar-refractivity contribution in [1.82, 2.24) is 9.97 Å². The molecule has 4 aromatic rings. The summed E-state index contributed by atoms with van der Waals surface area (Å²) < 4.78 is 26.4. The van der Waals surface area contributed by atoms with E-state index >= 15 is 0 Å². The minimum atomic E-state index is -5.14. The molecule has 0 saturated carbocycles. The van der Waals surface area contributed by atoms with Crippen molar-refractivity contribution in [3.8, 4) is 17.2 Å². The Kier molecular flexibility index (Phi) is 11.0. The van der Waals surface area contributed by atoms with Crippen molar-refractivity contribution in [2.45, 2.75) is 26.2 Å². The third-order valence-corrected chi connectivity index (χ3v) is 5.80. The zero-order valence-electron chi connectivity index (χ0n) is 20.5. The van der Waals surface area contributed by atoms with E-state index in [2.05, 4.69) is 16.4 Å². The molecule has 0 amide bonds. The van der Waals surface area contributed by atoms with Gasteiger partial charge < -0.3 is 28.3 Å². The van der Waals surface area contributed by atoms with Crippen LogP contribution in [0.25, 0.3) is 21.7 Å². The first kappa shape index (κ1) is 30.0. The van der Waals surface area contributed by atoms with Crippen LogP contribution in [0.5, 0.6) is 17.2 Å². The van der Waals surface area contributed by atoms with E-state index in [-0.39, 0.29) is 64.9 Å². The minimum absolute atomic E-state index is 0. The molecular formula is C24H23N2Na2O6P. The van der Waals surface area contributed by atoms with Gasteiger partial charge in [-0.3, -0.25) is 9.97 Å². The van der Waals surface area contributed by atoms with Crippen LogP contribution in [0.3, 0.4) is 0 Å². The maximum Gasteiger partial charge on any atom is 1.00 e. The van der Waals surface area contributed by atoms with Crippen LogP contribution in [-0.4, -0.2) is 24.2 Å². The number of ether oxygens (including phenoxy) is 2. The van der Waals surface area contributed by atoms with Crippen molar-refractivity contribution in [1.29, 1.82) is 0 Å². The topological polar surface area (TPSA) is 117 Å². The Morgan fingerprint density at radius 2 is 1.60 bits per heavy atom. The van der Waals surface area contributed by atoms with Crippen LogP contribution in [0.4, 0.5) is 0 Å². The van der Waals surface area contributed by atoms with E-state index in [9.17, 15) is 14.4 Å². The van der Waals surface area contributed by atoms with Crippen LogP contribution in [-0.2, 0) is 17.4 Å². The molecule has 0 fully saturated rings. The van der Waals surface area contributed by atoms with E-state index in [0.29, 0.717) is 28.8 Å². The molecule has 0 aliphatic carbocycles. The number of fused-ring (bicyclic) bond motifs is 2. The largest absolute Gasteiger partial charge is 1.00 e. The molecule has 0 aliphatic heterocycles. The van der Waals surface area contributed by atoms with Gasteiger partial charge in [0.25, 0.3) is 0 Å². The average molecular weight is 512 g/mol. The monoisotopic (exact) mass is 512 g/mol. The van der Waals surface area contributed by atoms with E-state index in [1.54, 1.807) is 26.5 Å². The predicted molar refractivity (Wildman–Crippen MR) is 122 cm³/mol. The fraction of sp³-hybridized carbons (Fsp3) is 0.250. The van der Waals surface area contributed by atoms with Gasteiger partial charge in [-0.1, -0.05) is 13.3 Å². The first-order valence-corrected chi connectivity index (χ1v) is 11.9. The number of benzene rings is 2. The number of methoxy groups -OCH3 is 2. The fourth-order valence-corrected chi connectivity index (χ4v) is 4.28. The van der Waals surface area contributed by atoms with Gasteiger partial charge in [0.1, 0.15) is 13.6 Å². The number of rotatable bonds is 8. The number of hydrogen-bond donors (Lipinski definition) is 0. The summed E-state index contributed by atoms with van der Waals surface area (Å²) in [5.74, 6) is 1.25. The van der Waals surface area contributed by atoms with Crippen LogP contribution in [0.1, 0.15) is 30.2 Å². The Labute approximate surface area is 248 Å². The molecule has 0 saturated heterocycles. The zero-order chi connectivity index (χ0) is 23.6. The summed E-state index contributed by atoms with van der Waals surface area (Å²) in [5, 5.41) is 2.69. The number of hydrogen-bond acceptors (Lipinski definition) is 8. The summed E-state index contributed by atoms with van der Waals surface area (Å²) in [6.07, 6.45) is 5.99. The second-order valence-corrected chi connectivity index (χ2v) is 8.72. The smallest absolute Gasteiger partial charge is 0.780 e. The molecule has 0 N–H and O–H groups in total. The number of phosphoric acid groups is 1. The summed E-state index contributed by atoms with van der Waals surface area (Å²) in [4.78, 5) is 31.1. The standard InChI is InChI=1S/C24H25N2O6P.2Na/c1-4-5-22-20-12-24(31-3)23(30-2)11-19(20)17(14-26-22)9-15-8-16-10-18(32-33(27,28)29)6-7-21(16)25-13-15;;/h6-8,10-14H,4-5,9H2,1-3H3,(H2,27,28,29);;/q;2*+1/p-2. The molecular weight excluding hydrogens is 489 g/mol. The summed E-state index contributed by atoms with van der Waals surface area (Å²) in [7, 11) is -1.92. The summed E-state index contributed by atoms with van der Waals surface area (Å²) >= 11 is 0. The van der Waals surface area contributed by atoms with Crippen LogP contribution in [0, 0.1) is 0 Å². The Morgan fingerprint density at radius 3 is 2.23 bits per heavy atom. The van der Waals surface area contributed by atoms with Crippen molar-refractivity contribution in [3.63, 3.8) is 0 Å². The third kappa shape index (κ3) is 7.19. The number of pyridine rings is 2. The van der Waals surface area contributed by atoms with Gasteiger partial charge >= 0.3 is 59.1 Å². The first-order chi connectivity index (χ1) is 15.8. The Bertz CT molecular complexity index is 1380. The van der Waals surface area contributed by atoms with Crippen molar-refractivity contribution >= 4 is 29.5 Å². The van der Waals surface area contributed by atoms with Gasteiger partial charge in [-0.25, -0.2) is 0 Å². The summed E-state index contributed by atoms with van der Waals surface area (Å²) in [6, 6.07) is 10.3. The molecule has 0 unspecified atom stereocenters. The zero-order valence-corrected chi connectivity index (χ0v) is 25.4. The Hall–Kier alpha value is -1.19. The van der Waals surface area contributed by atoms with E-state index in [1.807, 2.05) is 24.4 Å². The molecule has 2 aromatic carbocycles. The molecule has 0 spiro atoms. The van der Waals surface area contributed by atoms with Crippen LogP contribution in [0.15, 0.2) is 48.8 Å². The van der Waals surface area contributed by atoms with Crippen LogP contribution >= 0.6 is 7.82 Å². The molecule has 8 nitrogen and oxygen atoms in total. The summed E-state index contributed by atoms with van der Waals surface area (Å²) in [5.41, 5.74) is 3.54. The number of aromatic nitrogens is 2. The third-order valence-electron chi connectivity index (χ3n) is 5.36. The van der Waals surface area contributed by atoms with Crippen molar-refractivity contribution in [2.24, 2.45) is 0 Å². The Morgan fingerprint density at radius 1 is 0.914 bits per heavy atom. The number of aryl methyl sites for hydroxylation is 1. The van der Waals surface area contributed by atoms with Crippen molar-refractivity contribution in [3.05, 3.63) is 65.6 Å². The first-order valence-electron chi connectivity index (χ1n) is 10.4. The van der Waals surface area contributed by atoms with Crippen LogP contribution < -0.4 is 82.9 Å². The van der Waals surface area contributed by atoms with Crippen molar-refractivity contribution in [2.75, 3.05) is 14.2 Å². The molecule has 172 valence electrons. The van der Waals surface area contributed by atoms with Gasteiger partial charge in [0.15, 0.2) is 11.5 Å². The normalized spacial score (nSPS) is 11.0. The Balaban J connectivity index is 0.00000216. The number of phosphoric ester groups is 1. The van der Waals surface area contributed by atoms with E-state index < -0.39 is 7.82 Å². The van der Waals surface area contributed by atoms with Crippen molar-refractivity contribution < 1.29 is 87.5 Å². The van der Waals surface area contributed by atoms with Crippen LogP contribution in [0.2, 0.25) is 0 Å². The molecule has 35 heavy (non-hydrogen) atoms. The molecule has 4 rings (SSSR count). The van der Waals surface area contributed by atoms with Gasteiger partial charge in [-0.05, 0) is 59.3 Å². The number of nitrogens with zero attached hydrogens (tertiary/aromatic N) is 2. The SMILES string of the molecule is CCCc1ncc(Cc2cnc3ccc(OP(=O)([O-])[O-])cc3c2)c2cc(OC)c(OC)cc12.[Na+].[Na+]. The van der Waals surface area contributed by atoms with Gasteiger partial charge in [0, 0.05) is 35.3 Å². The van der Waals surface area contributed by atoms with Gasteiger partial charge in [0.05, 0.1) is 19.7 Å². The van der Waals surface area contributed by atoms with E-state index in [0.717, 1.165) is 40.4 Å². The fourth-order valence-electron chi connectivity index (χ4n) is 3.91. The molecule has 0 aliphatic rings. The molecule has 0 bridgehead atoms. The predicted octanol–water partition coefficient (Wildman–Crippen LogP) is -2.44. The molecule has 0 atom stereocenters. The maximum atomic E-state index is 10.9. The van der Waals surface area contributed by atoms with Gasteiger partial charge in [-0.2, -0.15) is 0 Å². The molecule has 2 heterocycles. The minimum Gasteiger partial charge on any atom is -0.780 e. The average Bonchev–Trinajstić information content (AvgIpc) is 2.78. The van der Waals surface area contributed by atoms with E-state index in [1.165, 1.54) is 12.1 Å². The molecule has 0 radical (unpaired) electrons. The molecule has 11 heteroatoms. The maximum absolute atomic E-state index is 10.9. The van der Waals surface area contributed by atoms with Gasteiger partial charge in [-0.15, -0.1) is 0 Å². The second-order valence-electron chi connectivity index (χ2n) is 7.65. The molecule has 2 aromatic heterocycles. The van der Waals surface area contributed by atoms with Gasteiger partial charge in [0.2, 0.25) is 0 Å². The quantitative estimate of drug-likeness (QED) is 0.189. The van der Waals surface area contributed by atoms with E-state index in [4.69, 9.17) is 14.5 Å². The second kappa shape index (κ2) is 12.9.